The van der Waals surface area contributed by atoms with Gasteiger partial charge in [-0.3, -0.25) is 14.6 Å². The fourth-order valence-electron chi connectivity index (χ4n) is 2.68. The van der Waals surface area contributed by atoms with E-state index in [9.17, 15) is 14.0 Å². The highest BCUT2D eigenvalue weighted by atomic mass is 79.9. The Morgan fingerprint density at radius 1 is 1.16 bits per heavy atom. The van der Waals surface area contributed by atoms with Crippen LogP contribution in [0.3, 0.4) is 0 Å². The van der Waals surface area contributed by atoms with Crippen molar-refractivity contribution in [3.63, 3.8) is 0 Å². The number of urea groups is 1. The standard InChI is InChI=1S/C18H16BrFN2O3/c1-25-14-5-2-12(3-6-14)11-22-17(23)8-9-21(18(22)24)16-7-4-13(19)10-15(16)20/h2-7,10H,8-9,11H2,1H3. The number of anilines is 1. The van der Waals surface area contributed by atoms with Crippen molar-refractivity contribution in [2.75, 3.05) is 18.6 Å². The van der Waals surface area contributed by atoms with Crippen LogP contribution in [0.15, 0.2) is 46.9 Å². The Hall–Kier alpha value is -2.41. The molecule has 0 aliphatic carbocycles. The van der Waals surface area contributed by atoms with Crippen LogP contribution in [0.5, 0.6) is 5.75 Å². The van der Waals surface area contributed by atoms with Crippen LogP contribution in [0, 0.1) is 5.82 Å². The molecule has 1 heterocycles. The van der Waals surface area contributed by atoms with E-state index < -0.39 is 11.8 Å². The Kier molecular flexibility index (Phi) is 5.03. The predicted octanol–water partition coefficient (Wildman–Crippen LogP) is 3.96. The van der Waals surface area contributed by atoms with Gasteiger partial charge in [-0.15, -0.1) is 0 Å². The summed E-state index contributed by atoms with van der Waals surface area (Å²) >= 11 is 3.19. The van der Waals surface area contributed by atoms with E-state index in [2.05, 4.69) is 15.9 Å². The highest BCUT2D eigenvalue weighted by molar-refractivity contribution is 9.10. The molecule has 2 aromatic rings. The summed E-state index contributed by atoms with van der Waals surface area (Å²) in [5.41, 5.74) is 0.959. The van der Waals surface area contributed by atoms with E-state index in [0.717, 1.165) is 10.5 Å². The van der Waals surface area contributed by atoms with Gasteiger partial charge in [0.1, 0.15) is 11.6 Å². The maximum Gasteiger partial charge on any atom is 0.331 e. The topological polar surface area (TPSA) is 49.9 Å². The maximum absolute atomic E-state index is 14.2. The molecule has 2 aromatic carbocycles. The molecule has 130 valence electrons. The lowest BCUT2D eigenvalue weighted by Gasteiger charge is -2.34. The average molecular weight is 407 g/mol. The fourth-order valence-corrected chi connectivity index (χ4v) is 3.02. The van der Waals surface area contributed by atoms with Crippen molar-refractivity contribution in [3.05, 3.63) is 58.3 Å². The predicted molar refractivity (Wildman–Crippen MR) is 95.0 cm³/mol. The molecule has 0 bridgehead atoms. The van der Waals surface area contributed by atoms with Crippen LogP contribution >= 0.6 is 15.9 Å². The summed E-state index contributed by atoms with van der Waals surface area (Å²) in [5, 5.41) is 0. The Morgan fingerprint density at radius 3 is 2.52 bits per heavy atom. The van der Waals surface area contributed by atoms with E-state index >= 15 is 0 Å². The molecular formula is C18H16BrFN2O3. The minimum atomic E-state index is -0.520. The number of nitrogens with zero attached hydrogens (tertiary/aromatic N) is 2. The number of carbonyl (C=O) groups is 2. The van der Waals surface area contributed by atoms with Gasteiger partial charge in [0.15, 0.2) is 0 Å². The normalized spacial score (nSPS) is 14.8. The fraction of sp³-hybridized carbons (Fsp3) is 0.222. The summed E-state index contributed by atoms with van der Waals surface area (Å²) in [6.07, 6.45) is 0.150. The Bertz CT molecular complexity index is 810. The lowest BCUT2D eigenvalue weighted by atomic mass is 10.1. The second kappa shape index (κ2) is 7.23. The van der Waals surface area contributed by atoms with Gasteiger partial charge in [0.25, 0.3) is 0 Å². The minimum Gasteiger partial charge on any atom is -0.497 e. The molecule has 0 aromatic heterocycles. The first-order valence-corrected chi connectivity index (χ1v) is 8.48. The van der Waals surface area contributed by atoms with Gasteiger partial charge >= 0.3 is 6.03 Å². The summed E-state index contributed by atoms with van der Waals surface area (Å²) in [6, 6.07) is 11.1. The van der Waals surface area contributed by atoms with Gasteiger partial charge in [-0.2, -0.15) is 0 Å². The van der Waals surface area contributed by atoms with Crippen LogP contribution in [0.4, 0.5) is 14.9 Å². The summed E-state index contributed by atoms with van der Waals surface area (Å²) in [6.45, 7) is 0.297. The molecule has 3 rings (SSSR count). The zero-order chi connectivity index (χ0) is 18.0. The lowest BCUT2D eigenvalue weighted by molar-refractivity contribution is -0.129. The molecule has 0 spiro atoms. The van der Waals surface area contributed by atoms with Gasteiger partial charge in [0.05, 0.1) is 19.3 Å². The molecule has 0 N–H and O–H groups in total. The molecule has 0 unspecified atom stereocenters. The van der Waals surface area contributed by atoms with Crippen molar-refractivity contribution in [2.24, 2.45) is 0 Å². The monoisotopic (exact) mass is 406 g/mol. The van der Waals surface area contributed by atoms with Crippen molar-refractivity contribution in [2.45, 2.75) is 13.0 Å². The highest BCUT2D eigenvalue weighted by Gasteiger charge is 2.34. The second-order valence-electron chi connectivity index (χ2n) is 5.61. The summed E-state index contributed by atoms with van der Waals surface area (Å²) in [7, 11) is 1.57. The van der Waals surface area contributed by atoms with Crippen LogP contribution in [0.25, 0.3) is 0 Å². The quantitative estimate of drug-likeness (QED) is 0.771. The first-order chi connectivity index (χ1) is 12.0. The van der Waals surface area contributed by atoms with Gasteiger partial charge in [0, 0.05) is 17.4 Å². The van der Waals surface area contributed by atoms with E-state index in [1.165, 1.54) is 17.0 Å². The van der Waals surface area contributed by atoms with Crippen LogP contribution in [-0.4, -0.2) is 30.5 Å². The molecule has 0 atom stereocenters. The van der Waals surface area contributed by atoms with Gasteiger partial charge in [-0.05, 0) is 35.9 Å². The average Bonchev–Trinajstić information content (AvgIpc) is 2.60. The molecule has 1 aliphatic heterocycles. The number of benzene rings is 2. The second-order valence-corrected chi connectivity index (χ2v) is 6.52. The molecule has 3 amide bonds. The highest BCUT2D eigenvalue weighted by Crippen LogP contribution is 2.27. The molecule has 1 saturated heterocycles. The lowest BCUT2D eigenvalue weighted by Crippen LogP contribution is -2.52. The molecule has 1 aliphatic rings. The van der Waals surface area contributed by atoms with Crippen LogP contribution in [-0.2, 0) is 11.3 Å². The maximum atomic E-state index is 14.2. The third-order valence-electron chi connectivity index (χ3n) is 4.01. The van der Waals surface area contributed by atoms with Crippen molar-refractivity contribution in [1.29, 1.82) is 0 Å². The Morgan fingerprint density at radius 2 is 1.88 bits per heavy atom. The van der Waals surface area contributed by atoms with E-state index in [1.807, 2.05) is 0 Å². The Labute approximate surface area is 153 Å². The third kappa shape index (κ3) is 3.66. The number of amides is 3. The van der Waals surface area contributed by atoms with Gasteiger partial charge in [-0.25, -0.2) is 9.18 Å². The number of rotatable bonds is 4. The zero-order valence-electron chi connectivity index (χ0n) is 13.5. The SMILES string of the molecule is COc1ccc(CN2C(=O)CCN(c3ccc(Br)cc3F)C2=O)cc1. The smallest absolute Gasteiger partial charge is 0.331 e. The number of methoxy groups -OCH3 is 1. The molecular weight excluding hydrogens is 391 g/mol. The number of halogens is 2. The van der Waals surface area contributed by atoms with Crippen LogP contribution in [0.2, 0.25) is 0 Å². The van der Waals surface area contributed by atoms with Crippen LogP contribution in [0.1, 0.15) is 12.0 Å². The number of hydrogen-bond acceptors (Lipinski definition) is 3. The van der Waals surface area contributed by atoms with Crippen molar-refractivity contribution < 1.29 is 18.7 Å². The van der Waals surface area contributed by atoms with Crippen molar-refractivity contribution in [3.8, 4) is 5.75 Å². The molecule has 5 nitrogen and oxygen atoms in total. The minimum absolute atomic E-state index is 0.135. The van der Waals surface area contributed by atoms with Gasteiger partial charge in [0.2, 0.25) is 5.91 Å². The number of imide groups is 1. The Balaban J connectivity index is 1.83. The zero-order valence-corrected chi connectivity index (χ0v) is 15.1. The van der Waals surface area contributed by atoms with Gasteiger partial charge in [-0.1, -0.05) is 28.1 Å². The molecule has 0 saturated carbocycles. The molecule has 25 heavy (non-hydrogen) atoms. The van der Waals surface area contributed by atoms with E-state index in [0.29, 0.717) is 10.2 Å². The molecule has 0 radical (unpaired) electrons. The van der Waals surface area contributed by atoms with Crippen molar-refractivity contribution in [1.82, 2.24) is 4.90 Å². The summed E-state index contributed by atoms with van der Waals surface area (Å²) < 4.78 is 19.9. The van der Waals surface area contributed by atoms with E-state index in [4.69, 9.17) is 4.74 Å². The summed E-state index contributed by atoms with van der Waals surface area (Å²) in [5.74, 6) is -0.0883. The van der Waals surface area contributed by atoms with E-state index in [1.54, 1.807) is 37.4 Å². The number of ether oxygens (including phenoxy) is 1. The van der Waals surface area contributed by atoms with E-state index in [-0.39, 0.29) is 31.1 Å². The van der Waals surface area contributed by atoms with Crippen LogP contribution < -0.4 is 9.64 Å². The number of hydrogen-bond donors (Lipinski definition) is 0. The molecule has 7 heteroatoms. The number of carbonyl (C=O) groups excluding carboxylic acids is 2. The first kappa shape index (κ1) is 17.4. The summed E-state index contributed by atoms with van der Waals surface area (Å²) in [4.78, 5) is 27.4. The van der Waals surface area contributed by atoms with Gasteiger partial charge < -0.3 is 4.74 Å². The third-order valence-corrected chi connectivity index (χ3v) is 4.51. The largest absolute Gasteiger partial charge is 0.497 e. The molecule has 1 fully saturated rings. The first-order valence-electron chi connectivity index (χ1n) is 7.69. The van der Waals surface area contributed by atoms with Crippen molar-refractivity contribution >= 4 is 33.6 Å².